The van der Waals surface area contributed by atoms with Gasteiger partial charge in [0, 0.05) is 38.3 Å². The molecule has 0 aromatic rings. The summed E-state index contributed by atoms with van der Waals surface area (Å²) in [5.41, 5.74) is 4.39. The Morgan fingerprint density at radius 1 is 1.43 bits per heavy atom. The number of nitrogens with zero attached hydrogens (tertiary/aromatic N) is 2. The van der Waals surface area contributed by atoms with E-state index < -0.39 is 0 Å². The summed E-state index contributed by atoms with van der Waals surface area (Å²) >= 11 is 0. The molecule has 1 saturated heterocycles. The number of carbonyl (C=O) groups is 1. The Hall–Kier alpha value is -1.75. The maximum absolute atomic E-state index is 12.6. The lowest BCUT2D eigenvalue weighted by Gasteiger charge is -2.35. The van der Waals surface area contributed by atoms with E-state index >= 15 is 0 Å². The Morgan fingerprint density at radius 3 is 2.74 bits per heavy atom. The van der Waals surface area contributed by atoms with Crippen molar-refractivity contribution in [1.82, 2.24) is 15.3 Å². The number of allylic oxidation sites excluding steroid dienone is 2. The molecule has 1 fully saturated rings. The monoisotopic (exact) mass is 319 g/mol. The molecule has 0 saturated carbocycles. The average molecular weight is 319 g/mol. The van der Waals surface area contributed by atoms with Crippen molar-refractivity contribution in [3.63, 3.8) is 0 Å². The Kier molecular flexibility index (Phi) is 6.71. The summed E-state index contributed by atoms with van der Waals surface area (Å²) in [6.07, 6.45) is 8.55. The Morgan fingerprint density at radius 2 is 2.17 bits per heavy atom. The molecule has 0 unspecified atom stereocenters. The van der Waals surface area contributed by atoms with Crippen LogP contribution in [0.1, 0.15) is 33.1 Å². The summed E-state index contributed by atoms with van der Waals surface area (Å²) in [7, 11) is 0. The molecule has 5 heteroatoms. The fourth-order valence-corrected chi connectivity index (χ4v) is 2.98. The van der Waals surface area contributed by atoms with E-state index in [4.69, 9.17) is 4.74 Å². The minimum absolute atomic E-state index is 0.161. The minimum Gasteiger partial charge on any atom is -0.494 e. The van der Waals surface area contributed by atoms with Gasteiger partial charge >= 0.3 is 0 Å². The van der Waals surface area contributed by atoms with Gasteiger partial charge in [-0.15, -0.1) is 0 Å². The largest absolute Gasteiger partial charge is 0.494 e. The van der Waals surface area contributed by atoms with Crippen LogP contribution in [0, 0.1) is 5.92 Å². The van der Waals surface area contributed by atoms with E-state index in [1.165, 1.54) is 5.57 Å². The fourth-order valence-electron chi connectivity index (χ4n) is 2.98. The second-order valence-electron chi connectivity index (χ2n) is 6.18. The SMILES string of the molecule is C=CNN1CCC(C(=O)N2CC=C(COC(C)=CC)CC2)CC1. The molecule has 1 amide bonds. The zero-order chi connectivity index (χ0) is 16.7. The summed E-state index contributed by atoms with van der Waals surface area (Å²) in [5.74, 6) is 1.42. The minimum atomic E-state index is 0.161. The molecular formula is C18H29N3O2. The van der Waals surface area contributed by atoms with Gasteiger partial charge in [-0.1, -0.05) is 12.7 Å². The first kappa shape index (κ1) is 17.6. The fraction of sp³-hybridized carbons (Fsp3) is 0.611. The summed E-state index contributed by atoms with van der Waals surface area (Å²) in [6.45, 7) is 11.6. The van der Waals surface area contributed by atoms with Gasteiger partial charge in [0.1, 0.15) is 6.61 Å². The lowest BCUT2D eigenvalue weighted by molar-refractivity contribution is -0.137. The highest BCUT2D eigenvalue weighted by Gasteiger charge is 2.29. The van der Waals surface area contributed by atoms with Gasteiger partial charge < -0.3 is 15.1 Å². The highest BCUT2D eigenvalue weighted by Crippen LogP contribution is 2.21. The Bertz CT molecular complexity index is 477. The second kappa shape index (κ2) is 8.77. The van der Waals surface area contributed by atoms with Gasteiger partial charge in [0.2, 0.25) is 5.91 Å². The van der Waals surface area contributed by atoms with E-state index in [0.717, 1.165) is 51.2 Å². The zero-order valence-corrected chi connectivity index (χ0v) is 14.4. The molecule has 0 spiro atoms. The third kappa shape index (κ3) is 5.13. The molecule has 0 bridgehead atoms. The molecule has 0 atom stereocenters. The number of ether oxygens (including phenoxy) is 1. The molecule has 0 aliphatic carbocycles. The zero-order valence-electron chi connectivity index (χ0n) is 14.4. The Labute approximate surface area is 139 Å². The normalized spacial score (nSPS) is 20.9. The molecule has 0 radical (unpaired) electrons. The van der Waals surface area contributed by atoms with Gasteiger partial charge in [0.05, 0.1) is 5.76 Å². The van der Waals surface area contributed by atoms with Crippen molar-refractivity contribution in [1.29, 1.82) is 0 Å². The van der Waals surface area contributed by atoms with Crippen LogP contribution in [0.3, 0.4) is 0 Å². The standard InChI is InChI=1S/C18H29N3O2/c1-4-15(3)23-14-16-6-10-20(11-7-16)18(22)17-8-12-21(13-9-17)19-5-2/h4-6,17,19H,2,7-14H2,1,3H3. The van der Waals surface area contributed by atoms with Crippen LogP contribution in [0.15, 0.2) is 36.3 Å². The van der Waals surface area contributed by atoms with Crippen molar-refractivity contribution in [2.45, 2.75) is 33.1 Å². The van der Waals surface area contributed by atoms with Crippen LogP contribution in [0.5, 0.6) is 0 Å². The van der Waals surface area contributed by atoms with Crippen LogP contribution in [-0.4, -0.2) is 48.6 Å². The molecule has 2 aliphatic heterocycles. The summed E-state index contributed by atoms with van der Waals surface area (Å²) in [6, 6.07) is 0. The van der Waals surface area contributed by atoms with Gasteiger partial charge in [0.15, 0.2) is 0 Å². The van der Waals surface area contributed by atoms with Gasteiger partial charge in [-0.2, -0.15) is 0 Å². The first-order valence-corrected chi connectivity index (χ1v) is 8.48. The van der Waals surface area contributed by atoms with Crippen molar-refractivity contribution in [2.75, 3.05) is 32.8 Å². The molecule has 128 valence electrons. The number of hydrogen-bond acceptors (Lipinski definition) is 4. The molecular weight excluding hydrogens is 290 g/mol. The number of amides is 1. The predicted octanol–water partition coefficient (Wildman–Crippen LogP) is 2.45. The molecule has 2 heterocycles. The van der Waals surface area contributed by atoms with Crippen LogP contribution in [0.25, 0.3) is 0 Å². The summed E-state index contributed by atoms with van der Waals surface area (Å²) < 4.78 is 5.65. The highest BCUT2D eigenvalue weighted by molar-refractivity contribution is 5.79. The first-order chi connectivity index (χ1) is 11.1. The van der Waals surface area contributed by atoms with Crippen molar-refractivity contribution in [2.24, 2.45) is 5.92 Å². The van der Waals surface area contributed by atoms with Crippen molar-refractivity contribution >= 4 is 5.91 Å². The summed E-state index contributed by atoms with van der Waals surface area (Å²) in [4.78, 5) is 14.6. The molecule has 1 N–H and O–H groups in total. The molecule has 0 aromatic heterocycles. The van der Waals surface area contributed by atoms with Crippen LogP contribution in [0.2, 0.25) is 0 Å². The molecule has 23 heavy (non-hydrogen) atoms. The van der Waals surface area contributed by atoms with Crippen molar-refractivity contribution < 1.29 is 9.53 Å². The van der Waals surface area contributed by atoms with Crippen LogP contribution in [0.4, 0.5) is 0 Å². The average Bonchev–Trinajstić information content (AvgIpc) is 2.60. The van der Waals surface area contributed by atoms with Crippen molar-refractivity contribution in [3.05, 3.63) is 36.3 Å². The number of piperidine rings is 1. The third-order valence-corrected chi connectivity index (χ3v) is 4.62. The number of nitrogens with one attached hydrogen (secondary N) is 1. The van der Waals surface area contributed by atoms with Crippen LogP contribution in [-0.2, 0) is 9.53 Å². The lowest BCUT2D eigenvalue weighted by atomic mass is 9.95. The molecule has 0 aromatic carbocycles. The number of hydrazine groups is 1. The topological polar surface area (TPSA) is 44.8 Å². The second-order valence-corrected chi connectivity index (χ2v) is 6.18. The van der Waals surface area contributed by atoms with Crippen molar-refractivity contribution in [3.8, 4) is 0 Å². The highest BCUT2D eigenvalue weighted by atomic mass is 16.5. The smallest absolute Gasteiger partial charge is 0.226 e. The van der Waals surface area contributed by atoms with Gasteiger partial charge in [-0.05, 0) is 44.8 Å². The van der Waals surface area contributed by atoms with E-state index in [2.05, 4.69) is 23.1 Å². The molecule has 2 aliphatic rings. The predicted molar refractivity (Wildman–Crippen MR) is 92.3 cm³/mol. The maximum atomic E-state index is 12.6. The van der Waals surface area contributed by atoms with Crippen LogP contribution < -0.4 is 5.43 Å². The van der Waals surface area contributed by atoms with E-state index in [9.17, 15) is 4.79 Å². The molecule has 5 nitrogen and oxygen atoms in total. The number of rotatable bonds is 6. The third-order valence-electron chi connectivity index (χ3n) is 4.62. The summed E-state index contributed by atoms with van der Waals surface area (Å²) in [5, 5.41) is 2.12. The molecule has 2 rings (SSSR count). The Balaban J connectivity index is 1.77. The van der Waals surface area contributed by atoms with E-state index in [-0.39, 0.29) is 5.92 Å². The van der Waals surface area contributed by atoms with Gasteiger partial charge in [0.25, 0.3) is 0 Å². The quantitative estimate of drug-likeness (QED) is 0.603. The number of carbonyl (C=O) groups excluding carboxylic acids is 1. The number of hydrogen-bond donors (Lipinski definition) is 1. The van der Waals surface area contributed by atoms with Crippen LogP contribution >= 0.6 is 0 Å². The first-order valence-electron chi connectivity index (χ1n) is 8.48. The van der Waals surface area contributed by atoms with Gasteiger partial charge in [-0.25, -0.2) is 5.01 Å². The van der Waals surface area contributed by atoms with E-state index in [1.54, 1.807) is 6.20 Å². The van der Waals surface area contributed by atoms with E-state index in [1.807, 2.05) is 24.8 Å². The van der Waals surface area contributed by atoms with E-state index in [0.29, 0.717) is 12.5 Å². The maximum Gasteiger partial charge on any atom is 0.226 e. The van der Waals surface area contributed by atoms with Gasteiger partial charge in [-0.3, -0.25) is 4.79 Å². The lowest BCUT2D eigenvalue weighted by Crippen LogP contribution is -2.46.